The van der Waals surface area contributed by atoms with Crippen LogP contribution in [0.3, 0.4) is 0 Å². The van der Waals surface area contributed by atoms with Crippen molar-refractivity contribution in [3.8, 4) is 5.75 Å². The summed E-state index contributed by atoms with van der Waals surface area (Å²) in [5.74, 6) is 0.220. The van der Waals surface area contributed by atoms with Crippen molar-refractivity contribution >= 4 is 54.7 Å². The van der Waals surface area contributed by atoms with Gasteiger partial charge in [-0.05, 0) is 43.3 Å². The summed E-state index contributed by atoms with van der Waals surface area (Å²) in [6.45, 7) is -0.129. The Labute approximate surface area is 135 Å². The summed E-state index contributed by atoms with van der Waals surface area (Å²) in [5, 5.41) is 12.5. The van der Waals surface area contributed by atoms with Gasteiger partial charge in [0.15, 0.2) is 6.61 Å². The van der Waals surface area contributed by atoms with E-state index in [-0.39, 0.29) is 18.1 Å². The van der Waals surface area contributed by atoms with E-state index in [1.54, 1.807) is 12.1 Å². The van der Waals surface area contributed by atoms with E-state index in [9.17, 15) is 14.9 Å². The second kappa shape index (κ2) is 6.47. The SMILES string of the molecule is O=C(COc1c(Br)cc([N+](=O)[O-])cc1Br)c1cccs1. The highest BCUT2D eigenvalue weighted by Crippen LogP contribution is 2.37. The Morgan fingerprint density at radius 2 is 2.00 bits per heavy atom. The van der Waals surface area contributed by atoms with Crippen molar-refractivity contribution in [1.82, 2.24) is 0 Å². The molecule has 2 aromatic rings. The Morgan fingerprint density at radius 3 is 2.50 bits per heavy atom. The van der Waals surface area contributed by atoms with E-state index in [1.165, 1.54) is 23.5 Å². The van der Waals surface area contributed by atoms with Crippen LogP contribution in [0.4, 0.5) is 5.69 Å². The second-order valence-electron chi connectivity index (χ2n) is 3.68. The van der Waals surface area contributed by atoms with Gasteiger partial charge in [-0.15, -0.1) is 11.3 Å². The number of nitrogens with zero attached hydrogens (tertiary/aromatic N) is 1. The maximum atomic E-state index is 11.8. The van der Waals surface area contributed by atoms with E-state index < -0.39 is 4.92 Å². The van der Waals surface area contributed by atoms with Crippen LogP contribution in [0.5, 0.6) is 5.75 Å². The minimum absolute atomic E-state index is 0.0688. The van der Waals surface area contributed by atoms with Crippen LogP contribution in [0.15, 0.2) is 38.6 Å². The number of nitro benzene ring substituents is 1. The van der Waals surface area contributed by atoms with Crippen LogP contribution in [0.1, 0.15) is 9.67 Å². The van der Waals surface area contributed by atoms with E-state index in [4.69, 9.17) is 4.74 Å². The second-order valence-corrected chi connectivity index (χ2v) is 6.34. The molecule has 1 aromatic carbocycles. The van der Waals surface area contributed by atoms with Crippen molar-refractivity contribution in [3.63, 3.8) is 0 Å². The summed E-state index contributed by atoms with van der Waals surface area (Å²) in [6, 6.07) is 6.16. The molecule has 104 valence electrons. The highest BCUT2D eigenvalue weighted by molar-refractivity contribution is 9.11. The fourth-order valence-corrected chi connectivity index (χ4v) is 3.48. The van der Waals surface area contributed by atoms with E-state index in [1.807, 2.05) is 5.38 Å². The first-order valence-electron chi connectivity index (χ1n) is 5.32. The van der Waals surface area contributed by atoms with E-state index in [0.29, 0.717) is 19.6 Å². The van der Waals surface area contributed by atoms with Gasteiger partial charge in [-0.1, -0.05) is 6.07 Å². The number of non-ortho nitro benzene ring substituents is 1. The summed E-state index contributed by atoms with van der Waals surface area (Å²) in [5.41, 5.74) is -0.0688. The molecule has 0 unspecified atom stereocenters. The summed E-state index contributed by atoms with van der Waals surface area (Å²) >= 11 is 7.73. The lowest BCUT2D eigenvalue weighted by Gasteiger charge is -2.09. The average Bonchev–Trinajstić information content (AvgIpc) is 2.91. The maximum Gasteiger partial charge on any atom is 0.271 e. The molecule has 8 heteroatoms. The van der Waals surface area contributed by atoms with Crippen molar-refractivity contribution < 1.29 is 14.5 Å². The Bertz CT molecular complexity index is 634. The number of benzene rings is 1. The zero-order valence-corrected chi connectivity index (χ0v) is 13.8. The summed E-state index contributed by atoms with van der Waals surface area (Å²) in [4.78, 5) is 22.6. The van der Waals surface area contributed by atoms with Crippen LogP contribution < -0.4 is 4.74 Å². The number of hydrogen-bond acceptors (Lipinski definition) is 5. The molecule has 0 aliphatic rings. The first-order valence-corrected chi connectivity index (χ1v) is 7.78. The Hall–Kier alpha value is -1.25. The molecule has 0 atom stereocenters. The van der Waals surface area contributed by atoms with Gasteiger partial charge >= 0.3 is 0 Å². The number of nitro groups is 1. The smallest absolute Gasteiger partial charge is 0.271 e. The molecule has 20 heavy (non-hydrogen) atoms. The van der Waals surface area contributed by atoms with Crippen LogP contribution >= 0.6 is 43.2 Å². The van der Waals surface area contributed by atoms with Gasteiger partial charge in [0.25, 0.3) is 5.69 Å². The predicted octanol–water partition coefficient (Wildman–Crippen LogP) is 4.44. The predicted molar refractivity (Wildman–Crippen MR) is 82.6 cm³/mol. The molecule has 0 aliphatic carbocycles. The van der Waals surface area contributed by atoms with Gasteiger partial charge in [-0.25, -0.2) is 0 Å². The van der Waals surface area contributed by atoms with Crippen LogP contribution in [0, 0.1) is 10.1 Å². The molecule has 0 bridgehead atoms. The Balaban J connectivity index is 2.14. The highest BCUT2D eigenvalue weighted by Gasteiger charge is 2.16. The van der Waals surface area contributed by atoms with Gasteiger partial charge in [0.1, 0.15) is 5.75 Å². The highest BCUT2D eigenvalue weighted by atomic mass is 79.9. The van der Waals surface area contributed by atoms with E-state index in [0.717, 1.165) is 0 Å². The number of carbonyl (C=O) groups excluding carboxylic acids is 1. The summed E-state index contributed by atoms with van der Waals surface area (Å²) in [6.07, 6.45) is 0. The molecule has 0 saturated carbocycles. The van der Waals surface area contributed by atoms with Crippen molar-refractivity contribution in [3.05, 3.63) is 53.6 Å². The molecule has 2 rings (SSSR count). The molecule has 0 amide bonds. The zero-order chi connectivity index (χ0) is 14.7. The number of ketones is 1. The maximum absolute atomic E-state index is 11.8. The topological polar surface area (TPSA) is 69.4 Å². The minimum atomic E-state index is -0.504. The lowest BCUT2D eigenvalue weighted by atomic mass is 10.3. The molecule has 0 radical (unpaired) electrons. The number of rotatable bonds is 5. The number of hydrogen-bond donors (Lipinski definition) is 0. The molecule has 1 heterocycles. The average molecular weight is 421 g/mol. The number of halogens is 2. The molecule has 5 nitrogen and oxygen atoms in total. The molecule has 0 saturated heterocycles. The van der Waals surface area contributed by atoms with Gasteiger partial charge in [0.2, 0.25) is 5.78 Å². The van der Waals surface area contributed by atoms with Gasteiger partial charge in [0.05, 0.1) is 18.7 Å². The third kappa shape index (κ3) is 3.44. The standard InChI is InChI=1S/C12H7Br2NO4S/c13-8-4-7(15(17)18)5-9(14)12(8)19-6-10(16)11-2-1-3-20-11/h1-5H,6H2. The first kappa shape index (κ1) is 15.1. The number of Topliss-reactive ketones (excluding diaryl/α,β-unsaturated/α-hetero) is 1. The van der Waals surface area contributed by atoms with Gasteiger partial charge in [-0.3, -0.25) is 14.9 Å². The molecular formula is C12H7Br2NO4S. The van der Waals surface area contributed by atoms with E-state index >= 15 is 0 Å². The van der Waals surface area contributed by atoms with Crippen molar-refractivity contribution in [2.24, 2.45) is 0 Å². The zero-order valence-electron chi connectivity index (χ0n) is 9.84. The van der Waals surface area contributed by atoms with Crippen LogP contribution in [-0.4, -0.2) is 17.3 Å². The monoisotopic (exact) mass is 419 g/mol. The summed E-state index contributed by atoms with van der Waals surface area (Å²) < 4.78 is 6.26. The molecular weight excluding hydrogens is 414 g/mol. The van der Waals surface area contributed by atoms with Crippen molar-refractivity contribution in [1.29, 1.82) is 0 Å². The largest absolute Gasteiger partial charge is 0.483 e. The Kier molecular flexibility index (Phi) is 4.90. The minimum Gasteiger partial charge on any atom is -0.483 e. The molecule has 0 fully saturated rings. The van der Waals surface area contributed by atoms with E-state index in [2.05, 4.69) is 31.9 Å². The van der Waals surface area contributed by atoms with Crippen LogP contribution in [0.2, 0.25) is 0 Å². The third-order valence-electron chi connectivity index (χ3n) is 2.34. The van der Waals surface area contributed by atoms with Gasteiger partial charge < -0.3 is 4.74 Å². The summed E-state index contributed by atoms with van der Waals surface area (Å²) in [7, 11) is 0. The number of ether oxygens (including phenoxy) is 1. The Morgan fingerprint density at radius 1 is 1.35 bits per heavy atom. The fraction of sp³-hybridized carbons (Fsp3) is 0.0833. The first-order chi connectivity index (χ1) is 9.49. The molecule has 1 aromatic heterocycles. The van der Waals surface area contributed by atoms with Crippen LogP contribution in [0.25, 0.3) is 0 Å². The van der Waals surface area contributed by atoms with Crippen molar-refractivity contribution in [2.75, 3.05) is 6.61 Å². The lowest BCUT2D eigenvalue weighted by molar-refractivity contribution is -0.385. The lowest BCUT2D eigenvalue weighted by Crippen LogP contribution is -2.10. The third-order valence-corrected chi connectivity index (χ3v) is 4.43. The fourth-order valence-electron chi connectivity index (χ4n) is 1.44. The van der Waals surface area contributed by atoms with Crippen LogP contribution in [-0.2, 0) is 0 Å². The normalized spacial score (nSPS) is 10.3. The molecule has 0 N–H and O–H groups in total. The quantitative estimate of drug-likeness (QED) is 0.407. The molecule has 0 aliphatic heterocycles. The van der Waals surface area contributed by atoms with Gasteiger partial charge in [-0.2, -0.15) is 0 Å². The number of carbonyl (C=O) groups is 1. The number of thiophene rings is 1. The van der Waals surface area contributed by atoms with Gasteiger partial charge in [0, 0.05) is 12.1 Å². The van der Waals surface area contributed by atoms with Crippen molar-refractivity contribution in [2.45, 2.75) is 0 Å². The molecule has 0 spiro atoms.